The van der Waals surface area contributed by atoms with Gasteiger partial charge in [0.05, 0.1) is 5.76 Å². The van der Waals surface area contributed by atoms with Gasteiger partial charge in [0.1, 0.15) is 10.8 Å². The Morgan fingerprint density at radius 1 is 1.39 bits per heavy atom. The molecule has 2 N–H and O–H groups in total. The van der Waals surface area contributed by atoms with Gasteiger partial charge in [0, 0.05) is 37.8 Å². The van der Waals surface area contributed by atoms with Crippen LogP contribution in [0.5, 0.6) is 0 Å². The van der Waals surface area contributed by atoms with Gasteiger partial charge < -0.3 is 15.3 Å². The molecular formula is C23H33N3OS. The topological polar surface area (TPSA) is 48.4 Å². The highest BCUT2D eigenvalue weighted by atomic mass is 32.2. The van der Waals surface area contributed by atoms with E-state index in [1.165, 1.54) is 0 Å². The van der Waals surface area contributed by atoms with Crippen molar-refractivity contribution < 1.29 is 5.11 Å². The minimum absolute atomic E-state index is 0.291. The van der Waals surface area contributed by atoms with E-state index in [2.05, 4.69) is 48.2 Å². The molecule has 4 nitrogen and oxygen atoms in total. The lowest BCUT2D eigenvalue weighted by atomic mass is 10.0. The van der Waals surface area contributed by atoms with Gasteiger partial charge in [-0.15, -0.1) is 17.5 Å². The summed E-state index contributed by atoms with van der Waals surface area (Å²) >= 11 is 1.80. The summed E-state index contributed by atoms with van der Waals surface area (Å²) in [5.41, 5.74) is 4.86. The van der Waals surface area contributed by atoms with E-state index in [9.17, 15) is 5.11 Å². The smallest absolute Gasteiger partial charge is 0.129 e. The zero-order chi connectivity index (χ0) is 20.4. The van der Waals surface area contributed by atoms with Crippen LogP contribution >= 0.6 is 11.8 Å². The number of rotatable bonds is 9. The first-order valence-corrected chi connectivity index (χ1v) is 11.1. The van der Waals surface area contributed by atoms with Gasteiger partial charge in [0.2, 0.25) is 0 Å². The molecule has 1 atom stereocenters. The molecule has 3 rings (SSSR count). The van der Waals surface area contributed by atoms with Crippen molar-refractivity contribution in [3.8, 4) is 0 Å². The van der Waals surface area contributed by atoms with E-state index in [4.69, 9.17) is 4.98 Å². The Morgan fingerprint density at radius 3 is 2.68 bits per heavy atom. The summed E-state index contributed by atoms with van der Waals surface area (Å²) in [6.07, 6.45) is 9.11. The summed E-state index contributed by atoms with van der Waals surface area (Å²) in [4.78, 5) is 7.27. The molecule has 0 bridgehead atoms. The second-order valence-corrected chi connectivity index (χ2v) is 8.20. The monoisotopic (exact) mass is 399 g/mol. The van der Waals surface area contributed by atoms with Gasteiger partial charge in [0.25, 0.3) is 0 Å². The lowest BCUT2D eigenvalue weighted by Crippen LogP contribution is -2.21. The van der Waals surface area contributed by atoms with Gasteiger partial charge >= 0.3 is 0 Å². The maximum atomic E-state index is 9.28. The summed E-state index contributed by atoms with van der Waals surface area (Å²) in [5.74, 6) is 3.00. The third kappa shape index (κ3) is 6.81. The number of anilines is 1. The van der Waals surface area contributed by atoms with Crippen LogP contribution in [-0.4, -0.2) is 36.0 Å². The largest absolute Gasteiger partial charge is 0.513 e. The van der Waals surface area contributed by atoms with E-state index in [0.717, 1.165) is 66.6 Å². The first-order chi connectivity index (χ1) is 13.5. The highest BCUT2D eigenvalue weighted by molar-refractivity contribution is 7.99. The Balaban J connectivity index is 0.000000620. The van der Waals surface area contributed by atoms with Crippen LogP contribution in [0.25, 0.3) is 5.70 Å². The summed E-state index contributed by atoms with van der Waals surface area (Å²) in [6.45, 7) is 11.9. The van der Waals surface area contributed by atoms with E-state index in [0.29, 0.717) is 18.1 Å². The minimum atomic E-state index is 0.291. The first kappa shape index (κ1) is 22.2. The van der Waals surface area contributed by atoms with Crippen molar-refractivity contribution >= 4 is 23.3 Å². The minimum Gasteiger partial charge on any atom is -0.513 e. The lowest BCUT2D eigenvalue weighted by Gasteiger charge is -2.20. The molecule has 28 heavy (non-hydrogen) atoms. The average Bonchev–Trinajstić information content (AvgIpc) is 3.11. The summed E-state index contributed by atoms with van der Waals surface area (Å²) in [5, 5.41) is 13.5. The molecular weight excluding hydrogens is 366 g/mol. The quantitative estimate of drug-likeness (QED) is 0.324. The summed E-state index contributed by atoms with van der Waals surface area (Å²) in [6, 6.07) is 4.23. The standard InChI is InChI=1S/C19H29N3OS.C4H4/c1-5-12-24-19-17(15(3)20-4)8-9-18(21-19)22-11-10-16(13-22)7-6-14(2)23;1-2-4-3-1/h8-9,16,20,23H,2-3,5-7,10-13H2,1,4H3;1,4H,2H2. The molecule has 2 aliphatic rings. The lowest BCUT2D eigenvalue weighted by molar-refractivity contribution is 0.370. The third-order valence-corrected chi connectivity index (χ3v) is 6.03. The zero-order valence-electron chi connectivity index (χ0n) is 17.2. The second kappa shape index (κ2) is 11.7. The van der Waals surface area contributed by atoms with Gasteiger partial charge in [-0.2, -0.15) is 0 Å². The fourth-order valence-corrected chi connectivity index (χ4v) is 3.95. The molecule has 1 aliphatic carbocycles. The molecule has 152 valence electrons. The van der Waals surface area contributed by atoms with E-state index in [1.807, 2.05) is 19.2 Å². The number of hydrogen-bond donors (Lipinski definition) is 2. The Kier molecular flexibility index (Phi) is 9.26. The summed E-state index contributed by atoms with van der Waals surface area (Å²) in [7, 11) is 1.89. The van der Waals surface area contributed by atoms with Gasteiger partial charge in [-0.3, -0.25) is 0 Å². The van der Waals surface area contributed by atoms with Crippen LogP contribution < -0.4 is 10.2 Å². The number of thioether (sulfide) groups is 1. The number of hydrogen-bond acceptors (Lipinski definition) is 5. The van der Waals surface area contributed by atoms with Crippen molar-refractivity contribution in [2.45, 2.75) is 44.1 Å². The molecule has 1 aromatic rings. The van der Waals surface area contributed by atoms with Crippen LogP contribution in [0.15, 0.2) is 54.0 Å². The molecule has 0 spiro atoms. The Bertz CT molecular complexity index is 731. The number of aliphatic hydroxyl groups excluding tert-OH is 1. The number of nitrogens with zero attached hydrogens (tertiary/aromatic N) is 2. The number of nitrogens with one attached hydrogen (secondary N) is 1. The van der Waals surface area contributed by atoms with Gasteiger partial charge in [-0.25, -0.2) is 4.98 Å². The van der Waals surface area contributed by atoms with Crippen molar-refractivity contribution in [1.82, 2.24) is 10.3 Å². The third-order valence-electron chi connectivity index (χ3n) is 4.84. The average molecular weight is 400 g/mol. The predicted octanol–water partition coefficient (Wildman–Crippen LogP) is 5.55. The van der Waals surface area contributed by atoms with E-state index in [1.54, 1.807) is 11.8 Å². The highest BCUT2D eigenvalue weighted by Gasteiger charge is 2.24. The maximum absolute atomic E-state index is 9.28. The van der Waals surface area contributed by atoms with Gasteiger partial charge in [-0.05, 0) is 61.6 Å². The predicted molar refractivity (Wildman–Crippen MR) is 122 cm³/mol. The molecule has 2 heterocycles. The number of aromatic nitrogens is 1. The van der Waals surface area contributed by atoms with Crippen molar-refractivity contribution in [2.75, 3.05) is 30.8 Å². The number of pyridine rings is 1. The molecule has 1 fully saturated rings. The van der Waals surface area contributed by atoms with Gasteiger partial charge in [-0.1, -0.05) is 20.1 Å². The highest BCUT2D eigenvalue weighted by Crippen LogP contribution is 2.31. The van der Waals surface area contributed by atoms with Gasteiger partial charge in [0.15, 0.2) is 0 Å². The summed E-state index contributed by atoms with van der Waals surface area (Å²) < 4.78 is 0. The Morgan fingerprint density at radius 2 is 2.11 bits per heavy atom. The first-order valence-electron chi connectivity index (χ1n) is 10.1. The Labute approximate surface area is 174 Å². The van der Waals surface area contributed by atoms with E-state index in [-0.39, 0.29) is 0 Å². The number of aliphatic hydroxyl groups is 1. The van der Waals surface area contributed by atoms with Crippen LogP contribution in [0.2, 0.25) is 0 Å². The molecule has 0 radical (unpaired) electrons. The molecule has 1 saturated heterocycles. The van der Waals surface area contributed by atoms with Crippen molar-refractivity contribution in [1.29, 1.82) is 0 Å². The molecule has 5 heteroatoms. The molecule has 0 saturated carbocycles. The second-order valence-electron chi connectivity index (χ2n) is 7.12. The van der Waals surface area contributed by atoms with Crippen LogP contribution in [-0.2, 0) is 0 Å². The zero-order valence-corrected chi connectivity index (χ0v) is 18.0. The van der Waals surface area contributed by atoms with E-state index < -0.39 is 0 Å². The van der Waals surface area contributed by atoms with Crippen molar-refractivity contribution in [3.63, 3.8) is 0 Å². The fraction of sp³-hybridized carbons (Fsp3) is 0.478. The SMILES string of the molecule is C1=CCC=1.C=C(O)CCC1CCN(c2ccc(C(=C)NC)c(SCCC)n2)C1. The van der Waals surface area contributed by atoms with Crippen LogP contribution in [0.1, 0.15) is 44.6 Å². The van der Waals surface area contributed by atoms with E-state index >= 15 is 0 Å². The molecule has 1 aliphatic heterocycles. The van der Waals surface area contributed by atoms with Crippen LogP contribution in [0.4, 0.5) is 5.82 Å². The van der Waals surface area contributed by atoms with Crippen LogP contribution in [0, 0.1) is 5.92 Å². The fourth-order valence-electron chi connectivity index (χ4n) is 3.04. The maximum Gasteiger partial charge on any atom is 0.129 e. The number of allylic oxidation sites excluding steroid dienone is 2. The normalized spacial score (nSPS) is 16.9. The van der Waals surface area contributed by atoms with Crippen molar-refractivity contribution in [3.05, 3.63) is 54.5 Å². The van der Waals surface area contributed by atoms with Crippen LogP contribution in [0.3, 0.4) is 0 Å². The van der Waals surface area contributed by atoms with Crippen molar-refractivity contribution in [2.24, 2.45) is 5.92 Å². The molecule has 1 unspecified atom stereocenters. The molecule has 1 aromatic heterocycles. The Hall–Kier alpha value is -2.10. The molecule has 0 amide bonds. The molecule has 0 aromatic carbocycles.